The van der Waals surface area contributed by atoms with Crippen LogP contribution in [0.4, 0.5) is 5.95 Å². The van der Waals surface area contributed by atoms with Crippen molar-refractivity contribution in [3.63, 3.8) is 0 Å². The minimum Gasteiger partial charge on any atom is -0.353 e. The Morgan fingerprint density at radius 1 is 1.08 bits per heavy atom. The van der Waals surface area contributed by atoms with Crippen LogP contribution < -0.4 is 10.2 Å². The number of piperazine rings is 1. The van der Waals surface area contributed by atoms with Crippen molar-refractivity contribution in [1.82, 2.24) is 20.2 Å². The Kier molecular flexibility index (Phi) is 6.94. The number of nitrogens with zero attached hydrogens (tertiary/aromatic N) is 5. The molecule has 3 fully saturated rings. The highest BCUT2D eigenvalue weighted by molar-refractivity contribution is 14.0. The highest BCUT2D eigenvalue weighted by Gasteiger charge is 2.43. The zero-order valence-electron chi connectivity index (χ0n) is 15.7. The number of hydrogen-bond acceptors (Lipinski definition) is 4. The second-order valence-corrected chi connectivity index (χ2v) is 7.62. The van der Waals surface area contributed by atoms with Gasteiger partial charge in [0.2, 0.25) is 5.95 Å². The molecule has 2 heterocycles. The predicted molar refractivity (Wildman–Crippen MR) is 116 cm³/mol. The Balaban J connectivity index is 0.00000196. The van der Waals surface area contributed by atoms with Crippen molar-refractivity contribution in [2.75, 3.05) is 38.1 Å². The summed E-state index contributed by atoms with van der Waals surface area (Å²) < 4.78 is 0. The van der Waals surface area contributed by atoms with E-state index in [4.69, 9.17) is 0 Å². The fourth-order valence-electron chi connectivity index (χ4n) is 4.50. The average Bonchev–Trinajstić information content (AvgIpc) is 3.47. The van der Waals surface area contributed by atoms with Gasteiger partial charge < -0.3 is 15.1 Å². The van der Waals surface area contributed by atoms with Gasteiger partial charge in [-0.05, 0) is 24.3 Å². The van der Waals surface area contributed by atoms with Crippen molar-refractivity contribution in [1.29, 1.82) is 0 Å². The van der Waals surface area contributed by atoms with E-state index in [1.165, 1.54) is 38.5 Å². The lowest BCUT2D eigenvalue weighted by Crippen LogP contribution is -2.53. The van der Waals surface area contributed by atoms with Crippen LogP contribution in [-0.4, -0.2) is 60.1 Å². The number of hydrogen-bond donors (Lipinski definition) is 1. The maximum Gasteiger partial charge on any atom is 0.225 e. The summed E-state index contributed by atoms with van der Waals surface area (Å²) in [6, 6.07) is 2.52. The monoisotopic (exact) mass is 470 g/mol. The van der Waals surface area contributed by atoms with Crippen molar-refractivity contribution in [3.05, 3.63) is 18.5 Å². The van der Waals surface area contributed by atoms with E-state index in [1.54, 1.807) is 0 Å². The normalized spacial score (nSPS) is 27.0. The molecule has 1 aromatic rings. The fraction of sp³-hybridized carbons (Fsp3) is 0.737. The van der Waals surface area contributed by atoms with Crippen LogP contribution in [0, 0.1) is 11.8 Å². The van der Waals surface area contributed by atoms with Crippen LogP contribution in [-0.2, 0) is 0 Å². The number of aliphatic imine (C=N–C) groups is 1. The largest absolute Gasteiger partial charge is 0.353 e. The molecule has 1 aromatic heterocycles. The third-order valence-corrected chi connectivity index (χ3v) is 6.04. The summed E-state index contributed by atoms with van der Waals surface area (Å²) in [6.07, 6.45) is 12.2. The molecular formula is C19H31IN6. The number of aromatic nitrogens is 2. The highest BCUT2D eigenvalue weighted by atomic mass is 127. The van der Waals surface area contributed by atoms with Gasteiger partial charge in [0.15, 0.2) is 5.96 Å². The van der Waals surface area contributed by atoms with Crippen molar-refractivity contribution >= 4 is 35.9 Å². The molecule has 0 spiro atoms. The molecule has 2 atom stereocenters. The molecule has 2 unspecified atom stereocenters. The van der Waals surface area contributed by atoms with E-state index >= 15 is 0 Å². The molecule has 0 radical (unpaired) electrons. The molecule has 1 N–H and O–H groups in total. The van der Waals surface area contributed by atoms with Gasteiger partial charge >= 0.3 is 0 Å². The first kappa shape index (κ1) is 19.6. The number of halogens is 1. The first-order chi connectivity index (χ1) is 12.3. The molecule has 144 valence electrons. The number of nitrogens with one attached hydrogen (secondary N) is 1. The average molecular weight is 470 g/mol. The lowest BCUT2D eigenvalue weighted by molar-refractivity contribution is 0.313. The third-order valence-electron chi connectivity index (χ3n) is 6.04. The van der Waals surface area contributed by atoms with Crippen LogP contribution in [0.15, 0.2) is 23.5 Å². The summed E-state index contributed by atoms with van der Waals surface area (Å²) in [6.45, 7) is 3.83. The molecule has 26 heavy (non-hydrogen) atoms. The zero-order valence-corrected chi connectivity index (χ0v) is 18.0. The summed E-state index contributed by atoms with van der Waals surface area (Å²) in [5, 5.41) is 3.74. The van der Waals surface area contributed by atoms with Crippen LogP contribution in [0.3, 0.4) is 0 Å². The third kappa shape index (κ3) is 4.58. The second-order valence-electron chi connectivity index (χ2n) is 7.62. The van der Waals surface area contributed by atoms with Crippen molar-refractivity contribution in [2.24, 2.45) is 16.8 Å². The molecule has 2 saturated carbocycles. The van der Waals surface area contributed by atoms with Gasteiger partial charge in [0.25, 0.3) is 0 Å². The Hall–Kier alpha value is -1.12. The van der Waals surface area contributed by atoms with E-state index in [0.29, 0.717) is 6.04 Å². The van der Waals surface area contributed by atoms with E-state index in [-0.39, 0.29) is 24.0 Å². The molecule has 3 aliphatic rings. The van der Waals surface area contributed by atoms with E-state index in [9.17, 15) is 0 Å². The van der Waals surface area contributed by atoms with Gasteiger partial charge in [0.05, 0.1) is 0 Å². The maximum absolute atomic E-state index is 4.55. The second kappa shape index (κ2) is 9.19. The van der Waals surface area contributed by atoms with Crippen LogP contribution in [0.2, 0.25) is 0 Å². The van der Waals surface area contributed by atoms with E-state index in [2.05, 4.69) is 30.1 Å². The molecule has 4 rings (SSSR count). The number of anilines is 1. The molecular weight excluding hydrogens is 439 g/mol. The van der Waals surface area contributed by atoms with E-state index < -0.39 is 0 Å². The Bertz CT molecular complexity index is 581. The van der Waals surface area contributed by atoms with Crippen LogP contribution in [0.5, 0.6) is 0 Å². The lowest BCUT2D eigenvalue weighted by atomic mass is 9.85. The van der Waals surface area contributed by atoms with Gasteiger partial charge in [-0.3, -0.25) is 4.99 Å². The predicted octanol–water partition coefficient (Wildman–Crippen LogP) is 2.76. The number of guanidine groups is 1. The van der Waals surface area contributed by atoms with Crippen LogP contribution in [0.1, 0.15) is 38.5 Å². The van der Waals surface area contributed by atoms with Gasteiger partial charge in [-0.1, -0.05) is 32.1 Å². The summed E-state index contributed by atoms with van der Waals surface area (Å²) in [5.41, 5.74) is 0. The Morgan fingerprint density at radius 2 is 1.77 bits per heavy atom. The van der Waals surface area contributed by atoms with Gasteiger partial charge in [-0.25, -0.2) is 9.97 Å². The summed E-state index contributed by atoms with van der Waals surface area (Å²) in [4.78, 5) is 17.9. The van der Waals surface area contributed by atoms with Crippen molar-refractivity contribution in [3.8, 4) is 0 Å². The standard InChI is InChI=1S/C19H30N6.HI/c1-20-18(23-17-14-16(17)15-6-3-2-4-7-15)24-10-12-25(13-11-24)19-21-8-5-9-22-19;/h5,8-9,15-17H,2-4,6-7,10-14H2,1H3,(H,20,23);1H. The smallest absolute Gasteiger partial charge is 0.225 e. The van der Waals surface area contributed by atoms with E-state index in [1.807, 2.05) is 25.5 Å². The minimum atomic E-state index is 0. The van der Waals surface area contributed by atoms with Crippen LogP contribution in [0.25, 0.3) is 0 Å². The quantitative estimate of drug-likeness (QED) is 0.419. The molecule has 6 nitrogen and oxygen atoms in total. The number of rotatable bonds is 3. The molecule has 0 amide bonds. The fourth-order valence-corrected chi connectivity index (χ4v) is 4.50. The maximum atomic E-state index is 4.55. The molecule has 0 bridgehead atoms. The zero-order chi connectivity index (χ0) is 17.1. The van der Waals surface area contributed by atoms with Gasteiger partial charge in [0, 0.05) is 51.7 Å². The summed E-state index contributed by atoms with van der Waals surface area (Å²) >= 11 is 0. The SMILES string of the molecule is CN=C(NC1CC1C1CCCCC1)N1CCN(c2ncccn2)CC1.I. The molecule has 1 saturated heterocycles. The van der Waals surface area contributed by atoms with Gasteiger partial charge in [-0.15, -0.1) is 24.0 Å². The Morgan fingerprint density at radius 3 is 2.42 bits per heavy atom. The summed E-state index contributed by atoms with van der Waals surface area (Å²) in [7, 11) is 1.91. The van der Waals surface area contributed by atoms with Crippen LogP contribution >= 0.6 is 24.0 Å². The summed E-state index contributed by atoms with van der Waals surface area (Å²) in [5.74, 6) is 3.76. The van der Waals surface area contributed by atoms with Crippen molar-refractivity contribution < 1.29 is 0 Å². The van der Waals surface area contributed by atoms with E-state index in [0.717, 1.165) is 49.9 Å². The first-order valence-electron chi connectivity index (χ1n) is 9.85. The minimum absolute atomic E-state index is 0. The topological polar surface area (TPSA) is 56.7 Å². The molecule has 0 aromatic carbocycles. The molecule has 2 aliphatic carbocycles. The highest BCUT2D eigenvalue weighted by Crippen LogP contribution is 2.44. The molecule has 7 heteroatoms. The molecule has 1 aliphatic heterocycles. The first-order valence-corrected chi connectivity index (χ1v) is 9.85. The van der Waals surface area contributed by atoms with Gasteiger partial charge in [-0.2, -0.15) is 0 Å². The van der Waals surface area contributed by atoms with Crippen molar-refractivity contribution in [2.45, 2.75) is 44.6 Å². The Labute approximate surface area is 173 Å². The lowest BCUT2D eigenvalue weighted by Gasteiger charge is -2.36. The van der Waals surface area contributed by atoms with Gasteiger partial charge in [0.1, 0.15) is 0 Å².